The average Bonchev–Trinajstić information content (AvgIpc) is 2.81. The van der Waals surface area contributed by atoms with Gasteiger partial charge in [0.15, 0.2) is 0 Å². The fourth-order valence-corrected chi connectivity index (χ4v) is 3.78. The van der Waals surface area contributed by atoms with Gasteiger partial charge >= 0.3 is 6.09 Å². The number of hydrogen-bond donors (Lipinski definition) is 1. The molecule has 1 aliphatic heterocycles. The van der Waals surface area contributed by atoms with Crippen LogP contribution in [0.5, 0.6) is 0 Å². The number of piperidine rings is 1. The highest BCUT2D eigenvalue weighted by molar-refractivity contribution is 5.82. The molecule has 172 valence electrons. The summed E-state index contributed by atoms with van der Waals surface area (Å²) in [4.78, 5) is 33.8. The van der Waals surface area contributed by atoms with Gasteiger partial charge in [0.25, 0.3) is 0 Å². The van der Waals surface area contributed by atoms with E-state index in [1.165, 1.54) is 0 Å². The van der Waals surface area contributed by atoms with Crippen molar-refractivity contribution >= 4 is 12.0 Å². The summed E-state index contributed by atoms with van der Waals surface area (Å²) in [5, 5.41) is 0. The highest BCUT2D eigenvalue weighted by atomic mass is 16.6. The first kappa shape index (κ1) is 23.7. The highest BCUT2D eigenvalue weighted by Crippen LogP contribution is 2.24. The lowest BCUT2D eigenvalue weighted by molar-refractivity contribution is -0.136. The van der Waals surface area contributed by atoms with Crippen LogP contribution in [-0.2, 0) is 22.7 Å². The van der Waals surface area contributed by atoms with Crippen molar-refractivity contribution in [2.45, 2.75) is 58.8 Å². The lowest BCUT2D eigenvalue weighted by atomic mass is 9.86. The highest BCUT2D eigenvalue weighted by Gasteiger charge is 2.35. The van der Waals surface area contributed by atoms with Gasteiger partial charge in [-0.25, -0.2) is 4.79 Å². The molecule has 0 unspecified atom stereocenters. The van der Waals surface area contributed by atoms with Gasteiger partial charge in [-0.1, -0.05) is 57.2 Å². The number of benzene rings is 1. The molecule has 1 aromatic carbocycles. The topological polar surface area (TPSA) is 88.8 Å². The largest absolute Gasteiger partial charge is 0.445 e. The molecular weight excluding hydrogens is 404 g/mol. The van der Waals surface area contributed by atoms with Crippen molar-refractivity contribution < 1.29 is 14.3 Å². The summed E-state index contributed by atoms with van der Waals surface area (Å²) in [6.45, 7) is 7.64. The van der Waals surface area contributed by atoms with E-state index in [2.05, 4.69) is 4.98 Å². The fourth-order valence-electron chi connectivity index (χ4n) is 3.78. The first-order valence-corrected chi connectivity index (χ1v) is 11.2. The Bertz CT molecular complexity index is 875. The number of aromatic nitrogens is 1. The molecule has 2 N–H and O–H groups in total. The van der Waals surface area contributed by atoms with E-state index in [-0.39, 0.29) is 30.1 Å². The summed E-state index contributed by atoms with van der Waals surface area (Å²) in [6.07, 6.45) is 2.71. The molecule has 0 bridgehead atoms. The minimum absolute atomic E-state index is 0.0288. The fraction of sp³-hybridized carbons (Fsp3) is 0.480. The van der Waals surface area contributed by atoms with Gasteiger partial charge in [0.05, 0.1) is 18.3 Å². The van der Waals surface area contributed by atoms with Crippen LogP contribution < -0.4 is 5.73 Å². The molecule has 1 aliphatic rings. The maximum absolute atomic E-state index is 13.1. The molecule has 0 saturated carbocycles. The second kappa shape index (κ2) is 10.6. The Kier molecular flexibility index (Phi) is 7.85. The van der Waals surface area contributed by atoms with Gasteiger partial charge in [0.2, 0.25) is 5.91 Å². The monoisotopic (exact) mass is 438 g/mol. The molecule has 1 saturated heterocycles. The van der Waals surface area contributed by atoms with E-state index < -0.39 is 6.04 Å². The number of amides is 2. The lowest BCUT2D eigenvalue weighted by Gasteiger charge is -2.40. The van der Waals surface area contributed by atoms with Crippen molar-refractivity contribution in [2.24, 2.45) is 11.1 Å². The van der Waals surface area contributed by atoms with Gasteiger partial charge in [0.1, 0.15) is 6.61 Å². The predicted octanol–water partition coefficient (Wildman–Crippen LogP) is 3.58. The van der Waals surface area contributed by atoms with Crippen molar-refractivity contribution in [3.05, 3.63) is 66.0 Å². The quantitative estimate of drug-likeness (QED) is 0.745. The number of rotatable bonds is 6. The van der Waals surface area contributed by atoms with Crippen LogP contribution in [0, 0.1) is 5.41 Å². The van der Waals surface area contributed by atoms with Crippen LogP contribution in [0.15, 0.2) is 54.7 Å². The van der Waals surface area contributed by atoms with E-state index in [1.807, 2.05) is 74.2 Å². The lowest BCUT2D eigenvalue weighted by Crippen LogP contribution is -2.54. The SMILES string of the molecule is CC(C)(C)[C@H](N)C(=O)N1CCC(N(Cc2ccccn2)C(=O)OCc2ccccc2)CC1. The van der Waals surface area contributed by atoms with Crippen molar-refractivity contribution in [1.82, 2.24) is 14.8 Å². The molecule has 2 aromatic rings. The zero-order valence-electron chi connectivity index (χ0n) is 19.2. The molecule has 3 rings (SSSR count). The van der Waals surface area contributed by atoms with E-state index >= 15 is 0 Å². The molecule has 32 heavy (non-hydrogen) atoms. The third-order valence-corrected chi connectivity index (χ3v) is 5.91. The summed E-state index contributed by atoms with van der Waals surface area (Å²) in [5.41, 5.74) is 7.63. The minimum atomic E-state index is -0.542. The Balaban J connectivity index is 1.66. The average molecular weight is 439 g/mol. The van der Waals surface area contributed by atoms with Crippen molar-refractivity contribution in [3.8, 4) is 0 Å². The summed E-state index contributed by atoms with van der Waals surface area (Å²) in [5.74, 6) is -0.0288. The summed E-state index contributed by atoms with van der Waals surface area (Å²) in [6, 6.07) is 14.7. The molecule has 2 heterocycles. The maximum atomic E-state index is 13.1. The zero-order chi connectivity index (χ0) is 23.1. The van der Waals surface area contributed by atoms with Crippen LogP contribution in [0.4, 0.5) is 4.79 Å². The second-order valence-electron chi connectivity index (χ2n) is 9.39. The summed E-state index contributed by atoms with van der Waals surface area (Å²) in [7, 11) is 0. The number of nitrogens with two attached hydrogens (primary N) is 1. The van der Waals surface area contributed by atoms with Gasteiger partial charge < -0.3 is 15.4 Å². The number of likely N-dealkylation sites (tertiary alicyclic amines) is 1. The second-order valence-corrected chi connectivity index (χ2v) is 9.39. The zero-order valence-corrected chi connectivity index (χ0v) is 19.2. The van der Waals surface area contributed by atoms with Gasteiger partial charge in [-0.3, -0.25) is 14.7 Å². The molecule has 1 aromatic heterocycles. The number of carbonyl (C=O) groups is 2. The molecule has 0 spiro atoms. The number of pyridine rings is 1. The van der Waals surface area contributed by atoms with Crippen LogP contribution in [0.2, 0.25) is 0 Å². The number of carbonyl (C=O) groups excluding carboxylic acids is 2. The Morgan fingerprint density at radius 2 is 1.78 bits per heavy atom. The third-order valence-electron chi connectivity index (χ3n) is 5.91. The number of hydrogen-bond acceptors (Lipinski definition) is 5. The van der Waals surface area contributed by atoms with Crippen LogP contribution in [-0.4, -0.2) is 52.0 Å². The minimum Gasteiger partial charge on any atom is -0.445 e. The van der Waals surface area contributed by atoms with E-state index in [4.69, 9.17) is 10.5 Å². The van der Waals surface area contributed by atoms with Crippen LogP contribution in [0.1, 0.15) is 44.9 Å². The Labute approximate surface area is 190 Å². The van der Waals surface area contributed by atoms with Gasteiger partial charge in [-0.15, -0.1) is 0 Å². The summed E-state index contributed by atoms with van der Waals surface area (Å²) >= 11 is 0. The van der Waals surface area contributed by atoms with E-state index in [0.29, 0.717) is 32.5 Å². The van der Waals surface area contributed by atoms with Crippen molar-refractivity contribution in [2.75, 3.05) is 13.1 Å². The van der Waals surface area contributed by atoms with Crippen molar-refractivity contribution in [1.29, 1.82) is 0 Å². The third kappa shape index (κ3) is 6.29. The standard InChI is InChI=1S/C25H34N4O3/c1-25(2,3)22(26)23(30)28-15-12-21(13-16-28)29(17-20-11-7-8-14-27-20)24(31)32-18-19-9-5-4-6-10-19/h4-11,14,21-22H,12-13,15-18,26H2,1-3H3/t22-/m1/s1. The van der Waals surface area contributed by atoms with Crippen LogP contribution >= 0.6 is 0 Å². The molecule has 7 nitrogen and oxygen atoms in total. The smallest absolute Gasteiger partial charge is 0.410 e. The number of ether oxygens (including phenoxy) is 1. The number of nitrogens with zero attached hydrogens (tertiary/aromatic N) is 3. The molecule has 2 amide bonds. The van der Waals surface area contributed by atoms with Gasteiger partial charge in [-0.05, 0) is 36.0 Å². The molecule has 1 atom stereocenters. The molecular formula is C25H34N4O3. The van der Waals surface area contributed by atoms with Crippen LogP contribution in [0.3, 0.4) is 0 Å². The predicted molar refractivity (Wildman–Crippen MR) is 123 cm³/mol. The van der Waals surface area contributed by atoms with Crippen molar-refractivity contribution in [3.63, 3.8) is 0 Å². The van der Waals surface area contributed by atoms with E-state index in [1.54, 1.807) is 11.1 Å². The molecule has 7 heteroatoms. The van der Waals surface area contributed by atoms with E-state index in [0.717, 1.165) is 11.3 Å². The van der Waals surface area contributed by atoms with Crippen LogP contribution in [0.25, 0.3) is 0 Å². The van der Waals surface area contributed by atoms with Gasteiger partial charge in [-0.2, -0.15) is 0 Å². The van der Waals surface area contributed by atoms with E-state index in [9.17, 15) is 9.59 Å². The maximum Gasteiger partial charge on any atom is 0.410 e. The van der Waals surface area contributed by atoms with Gasteiger partial charge in [0, 0.05) is 25.3 Å². The first-order valence-electron chi connectivity index (χ1n) is 11.2. The molecule has 0 aliphatic carbocycles. The Morgan fingerprint density at radius 3 is 2.38 bits per heavy atom. The Morgan fingerprint density at radius 1 is 1.12 bits per heavy atom. The molecule has 0 radical (unpaired) electrons. The first-order chi connectivity index (χ1) is 15.3. The Hall–Kier alpha value is -2.93. The summed E-state index contributed by atoms with van der Waals surface area (Å²) < 4.78 is 5.63. The molecule has 1 fully saturated rings. The normalized spacial score (nSPS) is 15.8.